The van der Waals surface area contributed by atoms with Gasteiger partial charge in [0.15, 0.2) is 6.10 Å². The maximum absolute atomic E-state index is 11.6. The van der Waals surface area contributed by atoms with Crippen LogP contribution in [0.1, 0.15) is 11.7 Å². The number of likely N-dealkylation sites (N-methyl/N-ethyl adjacent to an activating group) is 1. The van der Waals surface area contributed by atoms with Crippen molar-refractivity contribution in [2.45, 2.75) is 12.2 Å². The highest BCUT2D eigenvalue weighted by Crippen LogP contribution is 2.43. The van der Waals surface area contributed by atoms with Gasteiger partial charge in [-0.05, 0) is 6.07 Å². The summed E-state index contributed by atoms with van der Waals surface area (Å²) in [6.45, 7) is 0. The minimum absolute atomic E-state index is 0.00782. The zero-order chi connectivity index (χ0) is 12.6. The number of epoxide rings is 1. The number of ether oxygens (including phenoxy) is 1. The Hall–Kier alpha value is -1.95. The Labute approximate surface area is 97.9 Å². The maximum Gasteiger partial charge on any atom is 0.275 e. The molecule has 6 nitrogen and oxygen atoms in total. The summed E-state index contributed by atoms with van der Waals surface area (Å²) < 4.78 is 5.22. The summed E-state index contributed by atoms with van der Waals surface area (Å²) in [5.41, 5.74) is 0.448. The van der Waals surface area contributed by atoms with Gasteiger partial charge in [0.2, 0.25) is 0 Å². The van der Waals surface area contributed by atoms with E-state index in [4.69, 9.17) is 4.74 Å². The molecular weight excluding hydrogens is 224 g/mol. The zero-order valence-corrected chi connectivity index (χ0v) is 9.49. The van der Waals surface area contributed by atoms with E-state index < -0.39 is 17.1 Å². The van der Waals surface area contributed by atoms with Gasteiger partial charge in [0.05, 0.1) is 10.5 Å². The molecule has 0 bridgehead atoms. The van der Waals surface area contributed by atoms with E-state index in [9.17, 15) is 14.9 Å². The number of carbonyl (C=O) groups is 1. The van der Waals surface area contributed by atoms with Gasteiger partial charge in [-0.2, -0.15) is 0 Å². The van der Waals surface area contributed by atoms with Crippen LogP contribution in [0.4, 0.5) is 5.69 Å². The van der Waals surface area contributed by atoms with Crippen molar-refractivity contribution >= 4 is 11.6 Å². The molecule has 0 unspecified atom stereocenters. The van der Waals surface area contributed by atoms with E-state index in [1.165, 1.54) is 11.0 Å². The lowest BCUT2D eigenvalue weighted by Crippen LogP contribution is -2.26. The second-order valence-electron chi connectivity index (χ2n) is 4.03. The van der Waals surface area contributed by atoms with Gasteiger partial charge in [0.1, 0.15) is 6.10 Å². The van der Waals surface area contributed by atoms with Crippen LogP contribution in [-0.2, 0) is 9.53 Å². The minimum atomic E-state index is -0.592. The van der Waals surface area contributed by atoms with Crippen LogP contribution in [0.25, 0.3) is 0 Å². The van der Waals surface area contributed by atoms with Crippen molar-refractivity contribution in [3.05, 3.63) is 39.9 Å². The highest BCUT2D eigenvalue weighted by atomic mass is 16.6. The Bertz CT molecular complexity index is 472. The van der Waals surface area contributed by atoms with Gasteiger partial charge in [0, 0.05) is 20.2 Å². The smallest absolute Gasteiger partial charge is 0.275 e. The number of hydrogen-bond donors (Lipinski definition) is 0. The minimum Gasteiger partial charge on any atom is -0.354 e. The largest absolute Gasteiger partial charge is 0.354 e. The molecule has 2 atom stereocenters. The van der Waals surface area contributed by atoms with Crippen molar-refractivity contribution in [3.63, 3.8) is 0 Å². The molecule has 0 radical (unpaired) electrons. The van der Waals surface area contributed by atoms with Crippen molar-refractivity contribution in [1.82, 2.24) is 4.90 Å². The molecule has 0 aromatic heterocycles. The Morgan fingerprint density at radius 2 is 2.06 bits per heavy atom. The lowest BCUT2D eigenvalue weighted by Gasteiger charge is -2.06. The third-order valence-electron chi connectivity index (χ3n) is 2.62. The Morgan fingerprint density at radius 3 is 2.65 bits per heavy atom. The molecular formula is C11H12N2O4. The van der Waals surface area contributed by atoms with Gasteiger partial charge < -0.3 is 9.64 Å². The monoisotopic (exact) mass is 236 g/mol. The first kappa shape index (κ1) is 11.5. The molecule has 17 heavy (non-hydrogen) atoms. The molecule has 1 heterocycles. The van der Waals surface area contributed by atoms with E-state index >= 15 is 0 Å². The summed E-state index contributed by atoms with van der Waals surface area (Å²) in [4.78, 5) is 23.4. The topological polar surface area (TPSA) is 76.0 Å². The fourth-order valence-electron chi connectivity index (χ4n) is 1.69. The van der Waals surface area contributed by atoms with Crippen molar-refractivity contribution in [2.75, 3.05) is 14.1 Å². The third-order valence-corrected chi connectivity index (χ3v) is 2.62. The molecule has 0 saturated carbocycles. The van der Waals surface area contributed by atoms with Crippen LogP contribution in [-0.4, -0.2) is 35.9 Å². The van der Waals surface area contributed by atoms with Crippen LogP contribution in [0.15, 0.2) is 24.3 Å². The molecule has 1 aromatic carbocycles. The number of rotatable bonds is 3. The number of nitro benzene ring substituents is 1. The first-order valence-electron chi connectivity index (χ1n) is 5.12. The highest BCUT2D eigenvalue weighted by molar-refractivity contribution is 5.84. The molecule has 1 amide bonds. The van der Waals surface area contributed by atoms with Gasteiger partial charge in [0.25, 0.3) is 11.6 Å². The molecule has 1 aromatic rings. The SMILES string of the molecule is CN(C)C(=O)[C@H]1O[C@@H]1c1ccccc1[N+](=O)[O-]. The molecule has 0 spiro atoms. The molecule has 0 aliphatic carbocycles. The Balaban J connectivity index is 2.21. The quantitative estimate of drug-likeness (QED) is 0.447. The zero-order valence-electron chi connectivity index (χ0n) is 9.49. The molecule has 2 rings (SSSR count). The molecule has 6 heteroatoms. The summed E-state index contributed by atoms with van der Waals surface area (Å²) in [5.74, 6) is -0.173. The van der Waals surface area contributed by atoms with Gasteiger partial charge in [-0.1, -0.05) is 12.1 Å². The van der Waals surface area contributed by atoms with Crippen LogP contribution in [0.5, 0.6) is 0 Å². The molecule has 1 aliphatic heterocycles. The van der Waals surface area contributed by atoms with Crippen LogP contribution in [0.3, 0.4) is 0 Å². The standard InChI is InChI=1S/C11H12N2O4/c1-12(2)11(14)10-9(17-10)7-5-3-4-6-8(7)13(15)16/h3-6,9-10H,1-2H3/t9-,10+/m1/s1. The number of hydrogen-bond acceptors (Lipinski definition) is 4. The van der Waals surface area contributed by atoms with Crippen molar-refractivity contribution < 1.29 is 14.5 Å². The van der Waals surface area contributed by atoms with Crippen LogP contribution < -0.4 is 0 Å². The van der Waals surface area contributed by atoms with E-state index in [0.29, 0.717) is 5.56 Å². The summed E-state index contributed by atoms with van der Waals surface area (Å²) in [5, 5.41) is 10.8. The van der Waals surface area contributed by atoms with E-state index in [2.05, 4.69) is 0 Å². The first-order chi connectivity index (χ1) is 8.02. The highest BCUT2D eigenvalue weighted by Gasteiger charge is 2.49. The molecule has 0 N–H and O–H groups in total. The Morgan fingerprint density at radius 1 is 1.41 bits per heavy atom. The summed E-state index contributed by atoms with van der Waals surface area (Å²) in [6, 6.07) is 6.31. The Kier molecular flexibility index (Phi) is 2.81. The lowest BCUT2D eigenvalue weighted by molar-refractivity contribution is -0.385. The van der Waals surface area contributed by atoms with Gasteiger partial charge in [-0.3, -0.25) is 14.9 Å². The molecule has 1 aliphatic rings. The average Bonchev–Trinajstić information content (AvgIpc) is 3.07. The van der Waals surface area contributed by atoms with E-state index in [1.54, 1.807) is 32.3 Å². The number of amides is 1. The van der Waals surface area contributed by atoms with Gasteiger partial charge in [-0.15, -0.1) is 0 Å². The fraction of sp³-hybridized carbons (Fsp3) is 0.364. The normalized spacial score (nSPS) is 22.0. The van der Waals surface area contributed by atoms with Crippen molar-refractivity contribution in [2.24, 2.45) is 0 Å². The van der Waals surface area contributed by atoms with Crippen molar-refractivity contribution in [1.29, 1.82) is 0 Å². The predicted molar refractivity (Wildman–Crippen MR) is 59.4 cm³/mol. The second-order valence-corrected chi connectivity index (χ2v) is 4.03. The van der Waals surface area contributed by atoms with Gasteiger partial charge in [-0.25, -0.2) is 0 Å². The summed E-state index contributed by atoms with van der Waals surface area (Å²) in [6.07, 6.45) is -1.09. The van der Waals surface area contributed by atoms with Crippen molar-refractivity contribution in [3.8, 4) is 0 Å². The van der Waals surface area contributed by atoms with Crippen LogP contribution in [0, 0.1) is 10.1 Å². The molecule has 1 saturated heterocycles. The molecule has 90 valence electrons. The number of benzene rings is 1. The maximum atomic E-state index is 11.6. The fourth-order valence-corrected chi connectivity index (χ4v) is 1.69. The van der Waals surface area contributed by atoms with E-state index in [1.807, 2.05) is 0 Å². The lowest BCUT2D eigenvalue weighted by atomic mass is 10.1. The first-order valence-corrected chi connectivity index (χ1v) is 5.12. The third kappa shape index (κ3) is 2.12. The predicted octanol–water partition coefficient (Wildman–Crippen LogP) is 1.12. The van der Waals surface area contributed by atoms with Gasteiger partial charge >= 0.3 is 0 Å². The summed E-state index contributed by atoms with van der Waals surface area (Å²) >= 11 is 0. The number of nitro groups is 1. The number of nitrogens with zero attached hydrogens (tertiary/aromatic N) is 2. The summed E-state index contributed by atoms with van der Waals surface area (Å²) in [7, 11) is 3.25. The average molecular weight is 236 g/mol. The van der Waals surface area contributed by atoms with E-state index in [0.717, 1.165) is 0 Å². The molecule has 1 fully saturated rings. The van der Waals surface area contributed by atoms with Crippen LogP contribution >= 0.6 is 0 Å². The number of carbonyl (C=O) groups excluding carboxylic acids is 1. The second kappa shape index (κ2) is 4.14. The van der Waals surface area contributed by atoms with E-state index in [-0.39, 0.29) is 11.6 Å². The van der Waals surface area contributed by atoms with Crippen LogP contribution in [0.2, 0.25) is 0 Å². The number of para-hydroxylation sites is 1.